The van der Waals surface area contributed by atoms with Gasteiger partial charge < -0.3 is 5.32 Å². The van der Waals surface area contributed by atoms with Gasteiger partial charge >= 0.3 is 6.03 Å². The number of rotatable bonds is 2. The van der Waals surface area contributed by atoms with E-state index in [0.717, 1.165) is 10.6 Å². The van der Waals surface area contributed by atoms with Crippen LogP contribution in [0.1, 0.15) is 18.5 Å². The highest BCUT2D eigenvalue weighted by Gasteiger charge is 2.09. The van der Waals surface area contributed by atoms with Crippen molar-refractivity contribution in [2.24, 2.45) is 5.84 Å². The zero-order chi connectivity index (χ0) is 10.6. The normalized spacial score (nSPS) is 11.9. The Bertz CT molecular complexity index is 297. The van der Waals surface area contributed by atoms with Crippen molar-refractivity contribution in [2.75, 3.05) is 7.05 Å². The molecule has 0 fully saturated rings. The van der Waals surface area contributed by atoms with E-state index in [-0.39, 0.29) is 12.1 Å². The third-order valence-corrected chi connectivity index (χ3v) is 1.96. The minimum absolute atomic E-state index is 0.0327. The summed E-state index contributed by atoms with van der Waals surface area (Å²) in [6, 6.07) is 9.40. The van der Waals surface area contributed by atoms with E-state index < -0.39 is 0 Å². The standard InChI is InChI=1S/C10H15N3O/c1-8(12-10(14)13(2)11)9-6-4-3-5-7-9/h3-8H,11H2,1-2H3,(H,12,14). The molecule has 0 aliphatic rings. The molecule has 1 rings (SSSR count). The molecule has 0 radical (unpaired) electrons. The van der Waals surface area contributed by atoms with Gasteiger partial charge in [-0.1, -0.05) is 30.3 Å². The quantitative estimate of drug-likeness (QED) is 0.422. The maximum Gasteiger partial charge on any atom is 0.331 e. The number of nitrogens with zero attached hydrogens (tertiary/aromatic N) is 1. The van der Waals surface area contributed by atoms with E-state index in [4.69, 9.17) is 5.84 Å². The summed E-state index contributed by atoms with van der Waals surface area (Å²) in [7, 11) is 1.51. The molecule has 1 unspecified atom stereocenters. The fraction of sp³-hybridized carbons (Fsp3) is 0.300. The first-order chi connectivity index (χ1) is 6.61. The lowest BCUT2D eigenvalue weighted by molar-refractivity contribution is 0.206. The van der Waals surface area contributed by atoms with Gasteiger partial charge in [-0.3, -0.25) is 5.01 Å². The molecule has 0 aliphatic heterocycles. The van der Waals surface area contributed by atoms with Crippen molar-refractivity contribution in [1.82, 2.24) is 10.3 Å². The molecule has 0 saturated heterocycles. The maximum atomic E-state index is 11.2. The Kier molecular flexibility index (Phi) is 3.48. The van der Waals surface area contributed by atoms with Crippen LogP contribution in [0, 0.1) is 0 Å². The molecule has 0 bridgehead atoms. The van der Waals surface area contributed by atoms with Crippen LogP contribution in [0.2, 0.25) is 0 Å². The van der Waals surface area contributed by atoms with Crippen LogP contribution in [0.3, 0.4) is 0 Å². The average Bonchev–Trinajstić information content (AvgIpc) is 2.19. The zero-order valence-corrected chi connectivity index (χ0v) is 8.40. The van der Waals surface area contributed by atoms with Gasteiger partial charge in [0, 0.05) is 7.05 Å². The SMILES string of the molecule is CC(NC(=O)N(C)N)c1ccccc1. The van der Waals surface area contributed by atoms with Gasteiger partial charge in [0.05, 0.1) is 6.04 Å². The Morgan fingerprint density at radius 1 is 1.43 bits per heavy atom. The van der Waals surface area contributed by atoms with E-state index in [1.807, 2.05) is 37.3 Å². The minimum Gasteiger partial charge on any atom is -0.330 e. The average molecular weight is 193 g/mol. The molecule has 2 amide bonds. The smallest absolute Gasteiger partial charge is 0.330 e. The van der Waals surface area contributed by atoms with Crippen LogP contribution in [0.5, 0.6) is 0 Å². The van der Waals surface area contributed by atoms with Crippen LogP contribution in [-0.2, 0) is 0 Å². The van der Waals surface area contributed by atoms with Crippen LogP contribution < -0.4 is 11.2 Å². The molecule has 1 aromatic carbocycles. The molecule has 4 nitrogen and oxygen atoms in total. The number of carbonyl (C=O) groups excluding carboxylic acids is 1. The van der Waals surface area contributed by atoms with E-state index in [1.165, 1.54) is 7.05 Å². The molecule has 0 spiro atoms. The number of benzene rings is 1. The Morgan fingerprint density at radius 2 is 2.00 bits per heavy atom. The zero-order valence-electron chi connectivity index (χ0n) is 8.40. The molecule has 0 saturated carbocycles. The second kappa shape index (κ2) is 4.62. The minimum atomic E-state index is -0.290. The van der Waals surface area contributed by atoms with Crippen LogP contribution in [0.4, 0.5) is 4.79 Å². The van der Waals surface area contributed by atoms with E-state index in [1.54, 1.807) is 0 Å². The second-order valence-corrected chi connectivity index (χ2v) is 3.19. The van der Waals surface area contributed by atoms with Gasteiger partial charge in [0.1, 0.15) is 0 Å². The van der Waals surface area contributed by atoms with Gasteiger partial charge in [0.15, 0.2) is 0 Å². The van der Waals surface area contributed by atoms with Gasteiger partial charge in [-0.15, -0.1) is 0 Å². The molecule has 76 valence electrons. The van der Waals surface area contributed by atoms with Crippen molar-refractivity contribution < 1.29 is 4.79 Å². The van der Waals surface area contributed by atoms with Gasteiger partial charge in [-0.2, -0.15) is 0 Å². The van der Waals surface area contributed by atoms with Gasteiger partial charge in [0.2, 0.25) is 0 Å². The van der Waals surface area contributed by atoms with Crippen molar-refractivity contribution in [3.8, 4) is 0 Å². The summed E-state index contributed by atoms with van der Waals surface area (Å²) >= 11 is 0. The molecule has 0 heterocycles. The summed E-state index contributed by atoms with van der Waals surface area (Å²) in [4.78, 5) is 11.2. The van der Waals surface area contributed by atoms with Crippen LogP contribution in [-0.4, -0.2) is 18.1 Å². The van der Waals surface area contributed by atoms with Crippen molar-refractivity contribution in [3.63, 3.8) is 0 Å². The first kappa shape index (κ1) is 10.5. The summed E-state index contributed by atoms with van der Waals surface area (Å²) in [6.45, 7) is 1.91. The Hall–Kier alpha value is -1.55. The molecule has 1 aromatic rings. The Morgan fingerprint density at radius 3 is 2.50 bits per heavy atom. The monoisotopic (exact) mass is 193 g/mol. The van der Waals surface area contributed by atoms with Crippen LogP contribution in [0.15, 0.2) is 30.3 Å². The van der Waals surface area contributed by atoms with E-state index >= 15 is 0 Å². The highest BCUT2D eigenvalue weighted by Crippen LogP contribution is 2.10. The summed E-state index contributed by atoms with van der Waals surface area (Å²) in [5, 5.41) is 3.78. The number of amides is 2. The van der Waals surface area contributed by atoms with Crippen molar-refractivity contribution in [1.29, 1.82) is 0 Å². The maximum absolute atomic E-state index is 11.2. The Labute approximate surface area is 83.7 Å². The van der Waals surface area contributed by atoms with Crippen molar-refractivity contribution >= 4 is 6.03 Å². The topological polar surface area (TPSA) is 58.4 Å². The third-order valence-electron chi connectivity index (χ3n) is 1.96. The molecule has 0 aromatic heterocycles. The first-order valence-electron chi connectivity index (χ1n) is 4.45. The van der Waals surface area contributed by atoms with Crippen molar-refractivity contribution in [3.05, 3.63) is 35.9 Å². The summed E-state index contributed by atoms with van der Waals surface area (Å²) in [5.41, 5.74) is 1.06. The highest BCUT2D eigenvalue weighted by atomic mass is 16.2. The van der Waals surface area contributed by atoms with Crippen molar-refractivity contribution in [2.45, 2.75) is 13.0 Å². The first-order valence-corrected chi connectivity index (χ1v) is 4.45. The molecular formula is C10H15N3O. The summed E-state index contributed by atoms with van der Waals surface area (Å²) in [5.74, 6) is 5.28. The number of nitrogens with one attached hydrogen (secondary N) is 1. The fourth-order valence-electron chi connectivity index (χ4n) is 1.11. The van der Waals surface area contributed by atoms with Gasteiger partial charge in [-0.25, -0.2) is 10.6 Å². The van der Waals surface area contributed by atoms with Crippen LogP contribution in [0.25, 0.3) is 0 Å². The predicted octanol–water partition coefficient (Wildman–Crippen LogP) is 1.26. The molecule has 14 heavy (non-hydrogen) atoms. The molecule has 1 atom stereocenters. The number of hydrazine groups is 1. The molecular weight excluding hydrogens is 178 g/mol. The van der Waals surface area contributed by atoms with Crippen LogP contribution >= 0.6 is 0 Å². The number of carbonyl (C=O) groups is 1. The van der Waals surface area contributed by atoms with Gasteiger partial charge in [0.25, 0.3) is 0 Å². The molecule has 0 aliphatic carbocycles. The summed E-state index contributed by atoms with van der Waals surface area (Å²) < 4.78 is 0. The molecule has 4 heteroatoms. The number of urea groups is 1. The lowest BCUT2D eigenvalue weighted by atomic mass is 10.1. The molecule has 3 N–H and O–H groups in total. The number of hydrogen-bond donors (Lipinski definition) is 2. The Balaban J connectivity index is 2.59. The lowest BCUT2D eigenvalue weighted by Gasteiger charge is -2.17. The van der Waals surface area contributed by atoms with Gasteiger partial charge in [-0.05, 0) is 12.5 Å². The third kappa shape index (κ3) is 2.74. The largest absolute Gasteiger partial charge is 0.331 e. The predicted molar refractivity (Wildman–Crippen MR) is 55.3 cm³/mol. The van der Waals surface area contributed by atoms with E-state index in [2.05, 4.69) is 5.32 Å². The second-order valence-electron chi connectivity index (χ2n) is 3.19. The fourth-order valence-corrected chi connectivity index (χ4v) is 1.11. The summed E-state index contributed by atoms with van der Waals surface area (Å²) in [6.07, 6.45) is 0. The number of hydrogen-bond acceptors (Lipinski definition) is 2. The van der Waals surface area contributed by atoms with E-state index in [9.17, 15) is 4.79 Å². The highest BCUT2D eigenvalue weighted by molar-refractivity contribution is 5.73. The van der Waals surface area contributed by atoms with E-state index in [0.29, 0.717) is 0 Å². The number of nitrogens with two attached hydrogens (primary N) is 1. The lowest BCUT2D eigenvalue weighted by Crippen LogP contribution is -2.42.